The summed E-state index contributed by atoms with van der Waals surface area (Å²) in [7, 11) is 0. The van der Waals surface area contributed by atoms with Crippen LogP contribution < -0.4 is 4.74 Å². The summed E-state index contributed by atoms with van der Waals surface area (Å²) in [6, 6.07) is 35.2. The SMILES string of the molecule is c1ccc(-c2cn3c4ccccc4c4ccc(Oc5ccc6c(c5)c5nccn5c5cccnc65)cc4c3n2)cc1. The summed E-state index contributed by atoms with van der Waals surface area (Å²) in [5, 5.41) is 5.39. The molecule has 0 fully saturated rings. The first kappa shape index (κ1) is 22.1. The van der Waals surface area contributed by atoms with Gasteiger partial charge in [-0.1, -0.05) is 48.5 Å². The van der Waals surface area contributed by atoms with Crippen LogP contribution in [0.5, 0.6) is 11.5 Å². The van der Waals surface area contributed by atoms with Gasteiger partial charge in [0.05, 0.1) is 22.2 Å². The Morgan fingerprint density at radius 3 is 2.17 bits per heavy atom. The number of nitrogens with zero attached hydrogens (tertiary/aromatic N) is 5. The van der Waals surface area contributed by atoms with E-state index in [1.807, 2.05) is 55.0 Å². The number of pyridine rings is 3. The third-order valence-electron chi connectivity index (χ3n) is 7.87. The molecule has 0 N–H and O–H groups in total. The number of benzene rings is 4. The molecule has 6 nitrogen and oxygen atoms in total. The Hall–Kier alpha value is -5.75. The first-order valence-corrected chi connectivity index (χ1v) is 13.5. The third-order valence-corrected chi connectivity index (χ3v) is 7.87. The van der Waals surface area contributed by atoms with Crippen molar-refractivity contribution < 1.29 is 4.74 Å². The monoisotopic (exact) mass is 527 g/mol. The van der Waals surface area contributed by atoms with E-state index in [4.69, 9.17) is 9.72 Å². The molecule has 4 aromatic carbocycles. The Morgan fingerprint density at radius 2 is 1.29 bits per heavy atom. The van der Waals surface area contributed by atoms with Crippen LogP contribution in [0.15, 0.2) is 128 Å². The van der Waals surface area contributed by atoms with Crippen molar-refractivity contribution in [3.05, 3.63) is 128 Å². The second kappa shape index (κ2) is 8.37. The molecule has 6 heteroatoms. The van der Waals surface area contributed by atoms with E-state index < -0.39 is 0 Å². The summed E-state index contributed by atoms with van der Waals surface area (Å²) < 4.78 is 10.8. The van der Waals surface area contributed by atoms with Crippen LogP contribution in [0, 0.1) is 0 Å². The maximum absolute atomic E-state index is 6.49. The fourth-order valence-electron chi connectivity index (χ4n) is 6.03. The summed E-state index contributed by atoms with van der Waals surface area (Å²) in [6.07, 6.45) is 7.74. The molecule has 0 radical (unpaired) electrons. The van der Waals surface area contributed by atoms with E-state index in [2.05, 4.69) is 91.7 Å². The highest BCUT2D eigenvalue weighted by Gasteiger charge is 2.15. The number of fused-ring (bicyclic) bond motifs is 12. The number of ether oxygens (including phenoxy) is 1. The highest BCUT2D eigenvalue weighted by molar-refractivity contribution is 6.13. The highest BCUT2D eigenvalue weighted by atomic mass is 16.5. The number of hydrogen-bond acceptors (Lipinski definition) is 4. The first-order valence-electron chi connectivity index (χ1n) is 13.5. The van der Waals surface area contributed by atoms with Crippen LogP contribution >= 0.6 is 0 Å². The largest absolute Gasteiger partial charge is 0.457 e. The fraction of sp³-hybridized carbons (Fsp3) is 0. The summed E-state index contributed by atoms with van der Waals surface area (Å²) in [6.45, 7) is 0. The molecule has 0 aliphatic heterocycles. The molecule has 9 rings (SSSR count). The minimum absolute atomic E-state index is 0.738. The minimum Gasteiger partial charge on any atom is -0.457 e. The zero-order valence-electron chi connectivity index (χ0n) is 21.8. The van der Waals surface area contributed by atoms with Crippen molar-refractivity contribution in [2.45, 2.75) is 0 Å². The van der Waals surface area contributed by atoms with E-state index in [1.54, 1.807) is 0 Å². The van der Waals surface area contributed by atoms with Crippen molar-refractivity contribution in [2.24, 2.45) is 0 Å². The lowest BCUT2D eigenvalue weighted by atomic mass is 10.1. The number of rotatable bonds is 3. The van der Waals surface area contributed by atoms with Crippen LogP contribution in [0.1, 0.15) is 0 Å². The molecule has 5 aromatic heterocycles. The van der Waals surface area contributed by atoms with E-state index in [1.165, 1.54) is 5.39 Å². The molecule has 0 spiro atoms. The molecule has 0 saturated carbocycles. The molecule has 192 valence electrons. The molecule has 9 aromatic rings. The lowest BCUT2D eigenvalue weighted by Gasteiger charge is -2.12. The Labute approximate surface area is 233 Å². The van der Waals surface area contributed by atoms with Crippen molar-refractivity contribution in [3.8, 4) is 22.8 Å². The van der Waals surface area contributed by atoms with Gasteiger partial charge in [0.15, 0.2) is 0 Å². The molecular weight excluding hydrogens is 506 g/mol. The van der Waals surface area contributed by atoms with Gasteiger partial charge in [0.2, 0.25) is 0 Å². The molecule has 0 saturated heterocycles. The van der Waals surface area contributed by atoms with E-state index in [9.17, 15) is 0 Å². The first-order chi connectivity index (χ1) is 20.3. The van der Waals surface area contributed by atoms with Crippen LogP contribution in [-0.2, 0) is 0 Å². The topological polar surface area (TPSA) is 56.7 Å². The number of aromatic nitrogens is 5. The van der Waals surface area contributed by atoms with Crippen LogP contribution in [0.3, 0.4) is 0 Å². The maximum Gasteiger partial charge on any atom is 0.146 e. The summed E-state index contributed by atoms with van der Waals surface area (Å²) in [4.78, 5) is 14.4. The number of imidazole rings is 2. The van der Waals surface area contributed by atoms with Crippen LogP contribution in [0.25, 0.3) is 66.0 Å². The molecule has 0 aliphatic rings. The van der Waals surface area contributed by atoms with Crippen LogP contribution in [0.2, 0.25) is 0 Å². The molecule has 0 amide bonds. The van der Waals surface area contributed by atoms with E-state index in [-0.39, 0.29) is 0 Å². The normalized spacial score (nSPS) is 11.9. The van der Waals surface area contributed by atoms with Crippen LogP contribution in [-0.4, -0.2) is 23.8 Å². The van der Waals surface area contributed by atoms with Gasteiger partial charge in [-0.2, -0.15) is 0 Å². The Morgan fingerprint density at radius 1 is 0.537 bits per heavy atom. The van der Waals surface area contributed by atoms with Gasteiger partial charge >= 0.3 is 0 Å². The standard InChI is InChI=1S/C35H21N5O/c1-2-7-22(8-3-1)30-21-40-31-10-5-4-9-26(31)25-14-12-23(19-28(25)35(40)38-30)41-24-13-15-27-29(20-24)34-37-17-18-39(34)32-11-6-16-36-33(27)32/h1-21H. The smallest absolute Gasteiger partial charge is 0.146 e. The predicted molar refractivity (Wildman–Crippen MR) is 164 cm³/mol. The maximum atomic E-state index is 6.49. The summed E-state index contributed by atoms with van der Waals surface area (Å²) >= 11 is 0. The van der Waals surface area contributed by atoms with Gasteiger partial charge in [-0.05, 0) is 60.0 Å². The lowest BCUT2D eigenvalue weighted by Crippen LogP contribution is -1.93. The van der Waals surface area contributed by atoms with Gasteiger partial charge in [-0.15, -0.1) is 0 Å². The average Bonchev–Trinajstić information content (AvgIpc) is 3.71. The molecular formula is C35H21N5O. The predicted octanol–water partition coefficient (Wildman–Crippen LogP) is 8.45. The summed E-state index contributed by atoms with van der Waals surface area (Å²) in [5.74, 6) is 1.48. The Bertz CT molecular complexity index is 2460. The minimum atomic E-state index is 0.738. The Balaban J connectivity index is 1.23. The van der Waals surface area contributed by atoms with Gasteiger partial charge in [-0.25, -0.2) is 9.97 Å². The zero-order valence-corrected chi connectivity index (χ0v) is 21.8. The molecule has 5 heterocycles. The fourth-order valence-corrected chi connectivity index (χ4v) is 6.03. The second-order valence-corrected chi connectivity index (χ2v) is 10.2. The Kier molecular flexibility index (Phi) is 4.51. The molecule has 0 bridgehead atoms. The molecule has 0 unspecified atom stereocenters. The quantitative estimate of drug-likeness (QED) is 0.216. The highest BCUT2D eigenvalue weighted by Crippen LogP contribution is 2.36. The lowest BCUT2D eigenvalue weighted by molar-refractivity contribution is 0.484. The van der Waals surface area contributed by atoms with Gasteiger partial charge in [0.1, 0.15) is 22.8 Å². The number of para-hydroxylation sites is 1. The third kappa shape index (κ3) is 3.28. The zero-order chi connectivity index (χ0) is 26.9. The van der Waals surface area contributed by atoms with Crippen molar-refractivity contribution in [1.29, 1.82) is 0 Å². The molecule has 41 heavy (non-hydrogen) atoms. The summed E-state index contributed by atoms with van der Waals surface area (Å²) in [5.41, 5.74) is 6.89. The van der Waals surface area contributed by atoms with Crippen molar-refractivity contribution >= 4 is 54.8 Å². The van der Waals surface area contributed by atoms with Gasteiger partial charge in [0, 0.05) is 51.9 Å². The van der Waals surface area contributed by atoms with Gasteiger partial charge in [0.25, 0.3) is 0 Å². The van der Waals surface area contributed by atoms with Gasteiger partial charge in [-0.3, -0.25) is 13.8 Å². The van der Waals surface area contributed by atoms with Crippen molar-refractivity contribution in [2.75, 3.05) is 0 Å². The van der Waals surface area contributed by atoms with Crippen molar-refractivity contribution in [1.82, 2.24) is 23.8 Å². The van der Waals surface area contributed by atoms with E-state index in [0.717, 1.165) is 72.1 Å². The molecule has 0 aliphatic carbocycles. The average molecular weight is 528 g/mol. The van der Waals surface area contributed by atoms with E-state index >= 15 is 0 Å². The second-order valence-electron chi connectivity index (χ2n) is 10.2. The number of hydrogen-bond donors (Lipinski definition) is 0. The molecule has 0 atom stereocenters. The van der Waals surface area contributed by atoms with Crippen LogP contribution in [0.4, 0.5) is 0 Å². The van der Waals surface area contributed by atoms with E-state index in [0.29, 0.717) is 0 Å². The van der Waals surface area contributed by atoms with Gasteiger partial charge < -0.3 is 4.74 Å². The van der Waals surface area contributed by atoms with Crippen molar-refractivity contribution in [3.63, 3.8) is 0 Å².